The largest absolute Gasteiger partial charge is 0.381 e. The summed E-state index contributed by atoms with van der Waals surface area (Å²) >= 11 is 0. The summed E-state index contributed by atoms with van der Waals surface area (Å²) in [6.45, 7) is 3.59. The van der Waals surface area contributed by atoms with Gasteiger partial charge in [-0.2, -0.15) is 0 Å². The Labute approximate surface area is 49.8 Å². The van der Waals surface area contributed by atoms with Gasteiger partial charge in [0.25, 0.3) is 0 Å². The molecule has 0 aliphatic rings. The van der Waals surface area contributed by atoms with Crippen molar-refractivity contribution in [3.8, 4) is 0 Å². The van der Waals surface area contributed by atoms with Gasteiger partial charge in [0.1, 0.15) is 6.29 Å². The molecular weight excluding hydrogens is 104 g/mol. The molecule has 0 fully saturated rings. The van der Waals surface area contributed by atoms with E-state index in [-0.39, 0.29) is 6.10 Å². The molecule has 1 atom stereocenters. The van der Waals surface area contributed by atoms with Crippen LogP contribution in [0.3, 0.4) is 0 Å². The van der Waals surface area contributed by atoms with Gasteiger partial charge in [-0.05, 0) is 6.42 Å². The second kappa shape index (κ2) is 4.78. The van der Waals surface area contributed by atoms with Crippen LogP contribution in [0.15, 0.2) is 0 Å². The van der Waals surface area contributed by atoms with Crippen LogP contribution >= 0.6 is 0 Å². The number of rotatable bonds is 4. The second-order valence-corrected chi connectivity index (χ2v) is 1.55. The highest BCUT2D eigenvalue weighted by Gasteiger charge is 2.00. The molecule has 0 amide bonds. The van der Waals surface area contributed by atoms with Crippen molar-refractivity contribution < 1.29 is 9.53 Å². The van der Waals surface area contributed by atoms with Gasteiger partial charge in [-0.15, -0.1) is 0 Å². The van der Waals surface area contributed by atoms with Crippen LogP contribution in [0.5, 0.6) is 0 Å². The minimum atomic E-state index is 0.0208. The van der Waals surface area contributed by atoms with Crippen molar-refractivity contribution in [2.24, 2.45) is 0 Å². The van der Waals surface area contributed by atoms with E-state index in [1.54, 1.807) is 7.11 Å². The summed E-state index contributed by atoms with van der Waals surface area (Å²) in [7, 11) is 1.58. The van der Waals surface area contributed by atoms with Crippen LogP contribution in [-0.2, 0) is 9.53 Å². The van der Waals surface area contributed by atoms with Crippen molar-refractivity contribution in [3.05, 3.63) is 6.92 Å². The maximum atomic E-state index is 9.83. The molecule has 0 aromatic rings. The Morgan fingerprint density at radius 3 is 2.62 bits per heavy atom. The summed E-state index contributed by atoms with van der Waals surface area (Å²) in [6, 6.07) is 0. The van der Waals surface area contributed by atoms with Gasteiger partial charge in [-0.25, -0.2) is 0 Å². The molecule has 2 nitrogen and oxygen atoms in total. The predicted molar refractivity (Wildman–Crippen MR) is 31.5 cm³/mol. The van der Waals surface area contributed by atoms with Crippen molar-refractivity contribution in [2.75, 3.05) is 7.11 Å². The number of ether oxygens (including phenoxy) is 1. The summed E-state index contributed by atoms with van der Waals surface area (Å²) in [4.78, 5) is 9.83. The van der Waals surface area contributed by atoms with E-state index in [2.05, 4.69) is 6.92 Å². The fraction of sp³-hybridized carbons (Fsp3) is 0.667. The maximum Gasteiger partial charge on any atom is 0.122 e. The highest BCUT2D eigenvalue weighted by Crippen LogP contribution is 1.97. The van der Waals surface area contributed by atoms with Crippen molar-refractivity contribution in [3.63, 3.8) is 0 Å². The van der Waals surface area contributed by atoms with E-state index < -0.39 is 0 Å². The molecule has 0 saturated heterocycles. The summed E-state index contributed by atoms with van der Waals surface area (Å²) in [5, 5.41) is 0. The molecule has 0 aliphatic carbocycles. The molecule has 47 valence electrons. The van der Waals surface area contributed by atoms with E-state index >= 15 is 0 Å². The fourth-order valence-electron chi connectivity index (χ4n) is 0.439. The third kappa shape index (κ3) is 2.75. The molecule has 0 N–H and O–H groups in total. The Morgan fingerprint density at radius 2 is 2.50 bits per heavy atom. The number of hydrogen-bond donors (Lipinski definition) is 0. The van der Waals surface area contributed by atoms with Crippen LogP contribution in [0.4, 0.5) is 0 Å². The Morgan fingerprint density at radius 1 is 1.88 bits per heavy atom. The third-order valence-corrected chi connectivity index (χ3v) is 1.01. The predicted octanol–water partition coefficient (Wildman–Crippen LogP) is 0.815. The highest BCUT2D eigenvalue weighted by atomic mass is 16.5. The zero-order valence-electron chi connectivity index (χ0n) is 5.09. The lowest BCUT2D eigenvalue weighted by Gasteiger charge is -2.06. The fourth-order valence-corrected chi connectivity index (χ4v) is 0.439. The molecule has 0 rings (SSSR count). The summed E-state index contributed by atoms with van der Waals surface area (Å²) in [6.07, 6.45) is 1.99. The minimum absolute atomic E-state index is 0.0208. The third-order valence-electron chi connectivity index (χ3n) is 1.01. The van der Waals surface area contributed by atoms with Crippen LogP contribution in [0.25, 0.3) is 0 Å². The van der Waals surface area contributed by atoms with Gasteiger partial charge in [0.2, 0.25) is 0 Å². The van der Waals surface area contributed by atoms with Gasteiger partial charge in [0.05, 0.1) is 6.10 Å². The molecule has 0 spiro atoms. The van der Waals surface area contributed by atoms with Crippen LogP contribution in [0.1, 0.15) is 12.8 Å². The van der Waals surface area contributed by atoms with Gasteiger partial charge in [-0.3, -0.25) is 0 Å². The minimum Gasteiger partial charge on any atom is -0.381 e. The number of methoxy groups -OCH3 is 1. The van der Waals surface area contributed by atoms with Crippen molar-refractivity contribution in [1.82, 2.24) is 0 Å². The second-order valence-electron chi connectivity index (χ2n) is 1.55. The molecule has 2 heteroatoms. The molecule has 1 unspecified atom stereocenters. The molecular formula is C6H11O2. The number of hydrogen-bond acceptors (Lipinski definition) is 2. The normalized spacial score (nSPS) is 13.2. The monoisotopic (exact) mass is 115 g/mol. The Hall–Kier alpha value is -0.370. The van der Waals surface area contributed by atoms with E-state index in [0.717, 1.165) is 6.29 Å². The van der Waals surface area contributed by atoms with E-state index in [4.69, 9.17) is 4.74 Å². The lowest BCUT2D eigenvalue weighted by atomic mass is 10.2. The van der Waals surface area contributed by atoms with Gasteiger partial charge in [-0.1, -0.05) is 6.92 Å². The summed E-state index contributed by atoms with van der Waals surface area (Å²) in [5.41, 5.74) is 0. The molecule has 0 bridgehead atoms. The van der Waals surface area contributed by atoms with E-state index in [1.807, 2.05) is 0 Å². The molecule has 1 radical (unpaired) electrons. The van der Waals surface area contributed by atoms with E-state index in [0.29, 0.717) is 12.8 Å². The highest BCUT2D eigenvalue weighted by molar-refractivity contribution is 5.50. The SMILES string of the molecule is [CH2]CC(CC=O)OC. The molecule has 0 saturated carbocycles. The van der Waals surface area contributed by atoms with E-state index in [9.17, 15) is 4.79 Å². The number of carbonyl (C=O) groups is 1. The zero-order chi connectivity index (χ0) is 6.41. The molecule has 0 aliphatic heterocycles. The molecule has 0 aromatic carbocycles. The summed E-state index contributed by atoms with van der Waals surface area (Å²) < 4.78 is 4.85. The van der Waals surface area contributed by atoms with Gasteiger partial charge in [0.15, 0.2) is 0 Å². The van der Waals surface area contributed by atoms with Gasteiger partial charge < -0.3 is 9.53 Å². The molecule has 0 aromatic heterocycles. The topological polar surface area (TPSA) is 26.3 Å². The van der Waals surface area contributed by atoms with Crippen LogP contribution in [0, 0.1) is 6.92 Å². The van der Waals surface area contributed by atoms with Gasteiger partial charge >= 0.3 is 0 Å². The Balaban J connectivity index is 3.20. The Bertz CT molecular complexity index is 57.5. The van der Waals surface area contributed by atoms with Crippen LogP contribution in [-0.4, -0.2) is 19.5 Å². The first-order chi connectivity index (χ1) is 3.85. The van der Waals surface area contributed by atoms with Gasteiger partial charge in [0, 0.05) is 13.5 Å². The first kappa shape index (κ1) is 7.63. The number of carbonyl (C=O) groups excluding carboxylic acids is 1. The Kier molecular flexibility index (Phi) is 4.56. The first-order valence-electron chi connectivity index (χ1n) is 2.60. The van der Waals surface area contributed by atoms with E-state index in [1.165, 1.54) is 0 Å². The standard InChI is InChI=1S/C6H11O2/c1-3-6(8-2)4-5-7/h5-6H,1,3-4H2,2H3. The zero-order valence-corrected chi connectivity index (χ0v) is 5.09. The summed E-state index contributed by atoms with van der Waals surface area (Å²) in [5.74, 6) is 0. The van der Waals surface area contributed by atoms with Crippen molar-refractivity contribution in [1.29, 1.82) is 0 Å². The van der Waals surface area contributed by atoms with Crippen molar-refractivity contribution in [2.45, 2.75) is 18.9 Å². The average molecular weight is 115 g/mol. The lowest BCUT2D eigenvalue weighted by Crippen LogP contribution is -2.08. The molecule has 0 heterocycles. The van der Waals surface area contributed by atoms with Crippen LogP contribution < -0.4 is 0 Å². The lowest BCUT2D eigenvalue weighted by molar-refractivity contribution is -0.109. The first-order valence-corrected chi connectivity index (χ1v) is 2.60. The average Bonchev–Trinajstić information content (AvgIpc) is 1.83. The number of aldehydes is 1. The maximum absolute atomic E-state index is 9.83. The van der Waals surface area contributed by atoms with Crippen LogP contribution in [0.2, 0.25) is 0 Å². The molecule has 8 heavy (non-hydrogen) atoms. The van der Waals surface area contributed by atoms with Crippen molar-refractivity contribution >= 4 is 6.29 Å². The smallest absolute Gasteiger partial charge is 0.122 e. The quantitative estimate of drug-likeness (QED) is 0.507.